The molecule has 0 aromatic carbocycles. The molecule has 0 amide bonds. The number of hydrogen-bond donors (Lipinski definition) is 1. The van der Waals surface area contributed by atoms with E-state index in [1.165, 1.54) is 0 Å². The van der Waals surface area contributed by atoms with Crippen LogP contribution in [0.5, 0.6) is 0 Å². The summed E-state index contributed by atoms with van der Waals surface area (Å²) in [5, 5.41) is 2.80. The molecule has 120 valence electrons. The van der Waals surface area contributed by atoms with E-state index in [1.807, 2.05) is 13.8 Å². The number of rotatable bonds is 6. The topological polar surface area (TPSA) is 80.3 Å². The standard InChI is InChI=1S/C13H27NO4S2/c1-5-14-12-9-10(2)8-11(3)13(12)20(17,18)7-6-19(4,15)16/h10-14H,5-9H2,1-4H3. The summed E-state index contributed by atoms with van der Waals surface area (Å²) in [6.45, 7) is 6.79. The van der Waals surface area contributed by atoms with Crippen LogP contribution in [0.25, 0.3) is 0 Å². The molecule has 1 N–H and O–H groups in total. The minimum Gasteiger partial charge on any atom is -0.313 e. The van der Waals surface area contributed by atoms with Crippen LogP contribution in [0.1, 0.15) is 33.6 Å². The molecule has 5 nitrogen and oxygen atoms in total. The first-order valence-corrected chi connectivity index (χ1v) is 11.0. The van der Waals surface area contributed by atoms with Crippen molar-refractivity contribution < 1.29 is 16.8 Å². The average molecular weight is 325 g/mol. The Bertz CT molecular complexity index is 512. The highest BCUT2D eigenvalue weighted by molar-refractivity contribution is 7.95. The van der Waals surface area contributed by atoms with Crippen molar-refractivity contribution in [3.63, 3.8) is 0 Å². The zero-order chi connectivity index (χ0) is 15.6. The predicted molar refractivity (Wildman–Crippen MR) is 82.3 cm³/mol. The van der Waals surface area contributed by atoms with Gasteiger partial charge in [0.05, 0.1) is 16.8 Å². The summed E-state index contributed by atoms with van der Waals surface area (Å²) >= 11 is 0. The Balaban J connectivity index is 2.93. The van der Waals surface area contributed by atoms with Gasteiger partial charge in [-0.1, -0.05) is 20.8 Å². The van der Waals surface area contributed by atoms with E-state index in [-0.39, 0.29) is 23.5 Å². The summed E-state index contributed by atoms with van der Waals surface area (Å²) in [6.07, 6.45) is 2.79. The van der Waals surface area contributed by atoms with E-state index < -0.39 is 24.9 Å². The molecule has 1 aliphatic rings. The summed E-state index contributed by atoms with van der Waals surface area (Å²) < 4.78 is 47.5. The van der Waals surface area contributed by atoms with Crippen molar-refractivity contribution in [2.75, 3.05) is 24.3 Å². The Kier molecular flexibility index (Phi) is 6.04. The maximum atomic E-state index is 12.5. The molecule has 0 aromatic heterocycles. The zero-order valence-corrected chi connectivity index (χ0v) is 14.4. The molecule has 0 aromatic rings. The van der Waals surface area contributed by atoms with Gasteiger partial charge in [-0.05, 0) is 31.2 Å². The molecule has 0 radical (unpaired) electrons. The van der Waals surface area contributed by atoms with Crippen molar-refractivity contribution in [2.24, 2.45) is 11.8 Å². The maximum absolute atomic E-state index is 12.5. The quantitative estimate of drug-likeness (QED) is 0.783. The van der Waals surface area contributed by atoms with Crippen LogP contribution in [0.3, 0.4) is 0 Å². The van der Waals surface area contributed by atoms with E-state index in [2.05, 4.69) is 12.2 Å². The monoisotopic (exact) mass is 325 g/mol. The van der Waals surface area contributed by atoms with Crippen LogP contribution in [0.2, 0.25) is 0 Å². The minimum absolute atomic E-state index is 0.0624. The van der Waals surface area contributed by atoms with E-state index >= 15 is 0 Å². The summed E-state index contributed by atoms with van der Waals surface area (Å²) in [5.74, 6) is 0.00660. The molecule has 7 heteroatoms. The second-order valence-corrected chi connectivity index (χ2v) is 10.7. The molecule has 4 atom stereocenters. The van der Waals surface area contributed by atoms with Crippen molar-refractivity contribution in [1.82, 2.24) is 5.32 Å². The first kappa shape index (κ1) is 17.9. The van der Waals surface area contributed by atoms with Gasteiger partial charge in [0.15, 0.2) is 9.84 Å². The second-order valence-electron chi connectivity index (χ2n) is 6.18. The second kappa shape index (κ2) is 6.75. The van der Waals surface area contributed by atoms with Crippen molar-refractivity contribution >= 4 is 19.7 Å². The highest BCUT2D eigenvalue weighted by atomic mass is 32.2. The van der Waals surface area contributed by atoms with Gasteiger partial charge in [-0.3, -0.25) is 0 Å². The van der Waals surface area contributed by atoms with E-state index in [1.54, 1.807) is 0 Å². The van der Waals surface area contributed by atoms with E-state index in [0.29, 0.717) is 5.92 Å². The van der Waals surface area contributed by atoms with Crippen LogP contribution in [0.15, 0.2) is 0 Å². The summed E-state index contributed by atoms with van der Waals surface area (Å²) in [5.41, 5.74) is 0. The normalized spacial score (nSPS) is 32.2. The van der Waals surface area contributed by atoms with Crippen molar-refractivity contribution in [2.45, 2.75) is 44.9 Å². The molecule has 0 bridgehead atoms. The minimum atomic E-state index is -3.40. The Morgan fingerprint density at radius 1 is 1.05 bits per heavy atom. The van der Waals surface area contributed by atoms with Gasteiger partial charge in [0.2, 0.25) is 0 Å². The number of nitrogens with one attached hydrogen (secondary N) is 1. The Labute approximate surface area is 123 Å². The van der Waals surface area contributed by atoms with Crippen molar-refractivity contribution in [1.29, 1.82) is 0 Å². The van der Waals surface area contributed by atoms with Gasteiger partial charge >= 0.3 is 0 Å². The summed E-state index contributed by atoms with van der Waals surface area (Å²) in [7, 11) is -6.66. The Hall–Kier alpha value is -0.140. The van der Waals surface area contributed by atoms with E-state index in [0.717, 1.165) is 25.6 Å². The third kappa shape index (κ3) is 5.00. The lowest BCUT2D eigenvalue weighted by Gasteiger charge is -2.39. The third-order valence-electron chi connectivity index (χ3n) is 4.01. The molecule has 20 heavy (non-hydrogen) atoms. The fourth-order valence-electron chi connectivity index (χ4n) is 3.30. The maximum Gasteiger partial charge on any atom is 0.155 e. The number of hydrogen-bond acceptors (Lipinski definition) is 5. The zero-order valence-electron chi connectivity index (χ0n) is 12.8. The van der Waals surface area contributed by atoms with Crippen LogP contribution in [0, 0.1) is 11.8 Å². The van der Waals surface area contributed by atoms with E-state index in [9.17, 15) is 16.8 Å². The SMILES string of the molecule is CCNC1CC(C)CC(C)C1S(=O)(=O)CCS(C)(=O)=O. The number of sulfone groups is 2. The molecular weight excluding hydrogens is 298 g/mol. The Morgan fingerprint density at radius 3 is 2.15 bits per heavy atom. The van der Waals surface area contributed by atoms with Crippen LogP contribution in [-0.4, -0.2) is 52.4 Å². The lowest BCUT2D eigenvalue weighted by Crippen LogP contribution is -2.52. The molecule has 1 saturated carbocycles. The van der Waals surface area contributed by atoms with Gasteiger partial charge in [0, 0.05) is 12.3 Å². The fraction of sp³-hybridized carbons (Fsp3) is 1.00. The van der Waals surface area contributed by atoms with Gasteiger partial charge in [0.1, 0.15) is 9.84 Å². The molecule has 0 aliphatic heterocycles. The molecular formula is C13H27NO4S2. The molecule has 1 fully saturated rings. The molecule has 0 heterocycles. The highest BCUT2D eigenvalue weighted by Gasteiger charge is 2.41. The first-order valence-electron chi connectivity index (χ1n) is 7.19. The van der Waals surface area contributed by atoms with Crippen molar-refractivity contribution in [3.8, 4) is 0 Å². The molecule has 1 aliphatic carbocycles. The molecule has 0 spiro atoms. The van der Waals surface area contributed by atoms with Crippen LogP contribution >= 0.6 is 0 Å². The van der Waals surface area contributed by atoms with Crippen LogP contribution in [-0.2, 0) is 19.7 Å². The van der Waals surface area contributed by atoms with E-state index in [4.69, 9.17) is 0 Å². The molecule has 4 unspecified atom stereocenters. The lowest BCUT2D eigenvalue weighted by atomic mass is 9.80. The molecule has 1 rings (SSSR count). The van der Waals surface area contributed by atoms with Gasteiger partial charge in [-0.25, -0.2) is 16.8 Å². The summed E-state index contributed by atoms with van der Waals surface area (Å²) in [6, 6.07) is -0.0664. The predicted octanol–water partition coefficient (Wildman–Crippen LogP) is 0.859. The largest absolute Gasteiger partial charge is 0.313 e. The van der Waals surface area contributed by atoms with Gasteiger partial charge in [-0.15, -0.1) is 0 Å². The van der Waals surface area contributed by atoms with Crippen LogP contribution in [0.4, 0.5) is 0 Å². The summed E-state index contributed by atoms with van der Waals surface area (Å²) in [4.78, 5) is 0. The van der Waals surface area contributed by atoms with Crippen molar-refractivity contribution in [3.05, 3.63) is 0 Å². The van der Waals surface area contributed by atoms with Gasteiger partial charge in [-0.2, -0.15) is 0 Å². The Morgan fingerprint density at radius 2 is 1.65 bits per heavy atom. The molecule has 0 saturated heterocycles. The average Bonchev–Trinajstić information content (AvgIpc) is 2.24. The van der Waals surface area contributed by atoms with Gasteiger partial charge in [0.25, 0.3) is 0 Å². The fourth-order valence-corrected chi connectivity index (χ4v) is 7.24. The smallest absolute Gasteiger partial charge is 0.155 e. The first-order chi connectivity index (χ1) is 9.07. The van der Waals surface area contributed by atoms with Gasteiger partial charge < -0.3 is 5.32 Å². The van der Waals surface area contributed by atoms with Crippen LogP contribution < -0.4 is 5.32 Å². The highest BCUT2D eigenvalue weighted by Crippen LogP contribution is 2.33. The third-order valence-corrected chi connectivity index (χ3v) is 7.61. The lowest BCUT2D eigenvalue weighted by molar-refractivity contribution is 0.244.